The zero-order valence-corrected chi connectivity index (χ0v) is 17.4. The van der Waals surface area contributed by atoms with E-state index in [4.69, 9.17) is 0 Å². The van der Waals surface area contributed by atoms with Crippen molar-refractivity contribution in [1.82, 2.24) is 25.2 Å². The molecule has 0 atom stereocenters. The van der Waals surface area contributed by atoms with Gasteiger partial charge in [-0.05, 0) is 50.2 Å². The Hall–Kier alpha value is -1.38. The van der Waals surface area contributed by atoms with Gasteiger partial charge in [-0.25, -0.2) is 0 Å². The Kier molecular flexibility index (Phi) is 7.92. The minimum atomic E-state index is 0. The molecule has 2 N–H and O–H groups in total. The van der Waals surface area contributed by atoms with E-state index in [1.807, 2.05) is 31.4 Å². The van der Waals surface area contributed by atoms with Crippen molar-refractivity contribution in [3.63, 3.8) is 0 Å². The van der Waals surface area contributed by atoms with Crippen LogP contribution in [0, 0.1) is 5.92 Å². The van der Waals surface area contributed by atoms with E-state index in [1.54, 1.807) is 0 Å². The van der Waals surface area contributed by atoms with Gasteiger partial charge < -0.3 is 10.6 Å². The maximum Gasteiger partial charge on any atom is 0.191 e. The van der Waals surface area contributed by atoms with Crippen molar-refractivity contribution in [2.75, 3.05) is 13.6 Å². The predicted octanol–water partition coefficient (Wildman–Crippen LogP) is 3.02. The highest BCUT2D eigenvalue weighted by atomic mass is 127. The SMILES string of the molecule is CN=C(NCCCc1nnc2ccccn12)NC1CCC(C)CC1.I. The Morgan fingerprint density at radius 3 is 2.80 bits per heavy atom. The van der Waals surface area contributed by atoms with Gasteiger partial charge in [0.1, 0.15) is 5.82 Å². The number of rotatable bonds is 5. The number of hydrogen-bond donors (Lipinski definition) is 2. The highest BCUT2D eigenvalue weighted by molar-refractivity contribution is 14.0. The molecule has 1 fully saturated rings. The van der Waals surface area contributed by atoms with Crippen molar-refractivity contribution in [3.8, 4) is 0 Å². The second-order valence-corrected chi connectivity index (χ2v) is 6.75. The van der Waals surface area contributed by atoms with Gasteiger partial charge in [-0.15, -0.1) is 34.2 Å². The van der Waals surface area contributed by atoms with Gasteiger partial charge >= 0.3 is 0 Å². The van der Waals surface area contributed by atoms with E-state index >= 15 is 0 Å². The quantitative estimate of drug-likeness (QED) is 0.314. The molecule has 1 aliphatic rings. The second kappa shape index (κ2) is 9.94. The summed E-state index contributed by atoms with van der Waals surface area (Å²) in [6.07, 6.45) is 9.03. The van der Waals surface area contributed by atoms with Crippen molar-refractivity contribution < 1.29 is 0 Å². The van der Waals surface area contributed by atoms with Crippen LogP contribution in [0.1, 0.15) is 44.9 Å². The third kappa shape index (κ3) is 5.55. The van der Waals surface area contributed by atoms with E-state index in [-0.39, 0.29) is 24.0 Å². The van der Waals surface area contributed by atoms with Crippen LogP contribution in [0.4, 0.5) is 0 Å². The van der Waals surface area contributed by atoms with Crippen LogP contribution in [0.25, 0.3) is 5.65 Å². The molecular weight excluding hydrogens is 427 g/mol. The normalized spacial score (nSPS) is 21.0. The highest BCUT2D eigenvalue weighted by Crippen LogP contribution is 2.23. The second-order valence-electron chi connectivity index (χ2n) is 6.75. The fourth-order valence-electron chi connectivity index (χ4n) is 3.31. The maximum absolute atomic E-state index is 4.35. The van der Waals surface area contributed by atoms with Crippen LogP contribution in [-0.2, 0) is 6.42 Å². The van der Waals surface area contributed by atoms with E-state index in [1.165, 1.54) is 25.7 Å². The summed E-state index contributed by atoms with van der Waals surface area (Å²) < 4.78 is 2.05. The minimum absolute atomic E-state index is 0. The first-order chi connectivity index (χ1) is 11.8. The number of hydrogen-bond acceptors (Lipinski definition) is 3. The number of aromatic nitrogens is 3. The molecule has 1 aliphatic carbocycles. The van der Waals surface area contributed by atoms with Gasteiger partial charge in [0.2, 0.25) is 0 Å². The van der Waals surface area contributed by atoms with Crippen LogP contribution >= 0.6 is 24.0 Å². The van der Waals surface area contributed by atoms with E-state index < -0.39 is 0 Å². The maximum atomic E-state index is 4.35. The summed E-state index contributed by atoms with van der Waals surface area (Å²) in [7, 11) is 1.84. The molecule has 138 valence electrons. The van der Waals surface area contributed by atoms with Gasteiger partial charge in [-0.1, -0.05) is 13.0 Å². The standard InChI is InChI=1S/C18H28N6.HI/c1-14-8-10-15(11-9-14)21-18(19-2)20-12-5-7-17-23-22-16-6-3-4-13-24(16)17;/h3-4,6,13-15H,5,7-12H2,1-2H3,(H2,19,20,21);1H. The van der Waals surface area contributed by atoms with Gasteiger partial charge in [-0.3, -0.25) is 9.39 Å². The summed E-state index contributed by atoms with van der Waals surface area (Å²) in [6, 6.07) is 6.53. The third-order valence-electron chi connectivity index (χ3n) is 4.83. The molecule has 0 spiro atoms. The number of nitrogens with zero attached hydrogens (tertiary/aromatic N) is 4. The van der Waals surface area contributed by atoms with E-state index in [0.717, 1.165) is 42.7 Å². The number of aryl methyl sites for hydroxylation is 1. The molecule has 7 heteroatoms. The molecule has 25 heavy (non-hydrogen) atoms. The van der Waals surface area contributed by atoms with E-state index in [9.17, 15) is 0 Å². The van der Waals surface area contributed by atoms with Gasteiger partial charge in [0.05, 0.1) is 0 Å². The summed E-state index contributed by atoms with van der Waals surface area (Å²) >= 11 is 0. The summed E-state index contributed by atoms with van der Waals surface area (Å²) in [6.45, 7) is 3.22. The molecule has 0 aromatic carbocycles. The number of pyridine rings is 1. The smallest absolute Gasteiger partial charge is 0.191 e. The molecule has 6 nitrogen and oxygen atoms in total. The molecule has 3 rings (SSSR count). The lowest BCUT2D eigenvalue weighted by Crippen LogP contribution is -2.45. The molecule has 2 heterocycles. The van der Waals surface area contributed by atoms with Crippen molar-refractivity contribution in [2.24, 2.45) is 10.9 Å². The number of halogens is 1. The van der Waals surface area contributed by atoms with Gasteiger partial charge in [0.15, 0.2) is 11.6 Å². The topological polar surface area (TPSA) is 66.6 Å². The highest BCUT2D eigenvalue weighted by Gasteiger charge is 2.18. The van der Waals surface area contributed by atoms with Crippen LogP contribution in [0.2, 0.25) is 0 Å². The van der Waals surface area contributed by atoms with Crippen LogP contribution in [0.3, 0.4) is 0 Å². The van der Waals surface area contributed by atoms with Crippen LogP contribution in [0.15, 0.2) is 29.4 Å². The Bertz CT molecular complexity index is 675. The number of aliphatic imine (C=N–C) groups is 1. The number of guanidine groups is 1. The zero-order valence-electron chi connectivity index (χ0n) is 15.1. The van der Waals surface area contributed by atoms with Crippen molar-refractivity contribution in [2.45, 2.75) is 51.5 Å². The van der Waals surface area contributed by atoms with Crippen LogP contribution in [-0.4, -0.2) is 40.2 Å². The first-order valence-electron chi connectivity index (χ1n) is 9.02. The van der Waals surface area contributed by atoms with E-state index in [0.29, 0.717) is 6.04 Å². The molecule has 0 saturated heterocycles. The van der Waals surface area contributed by atoms with Gasteiger partial charge in [0.25, 0.3) is 0 Å². The summed E-state index contributed by atoms with van der Waals surface area (Å²) in [5.74, 6) is 2.80. The molecule has 0 radical (unpaired) electrons. The largest absolute Gasteiger partial charge is 0.356 e. The Balaban J connectivity index is 0.00000225. The molecular formula is C18H29IN6. The molecule has 0 unspecified atom stereocenters. The number of nitrogens with one attached hydrogen (secondary N) is 2. The summed E-state index contributed by atoms with van der Waals surface area (Å²) in [4.78, 5) is 4.35. The lowest BCUT2D eigenvalue weighted by molar-refractivity contribution is 0.329. The first-order valence-corrected chi connectivity index (χ1v) is 9.02. The first kappa shape index (κ1) is 19.9. The third-order valence-corrected chi connectivity index (χ3v) is 4.83. The molecule has 0 bridgehead atoms. The van der Waals surface area contributed by atoms with Crippen LogP contribution < -0.4 is 10.6 Å². The monoisotopic (exact) mass is 456 g/mol. The summed E-state index contributed by atoms with van der Waals surface area (Å²) in [5.41, 5.74) is 0.907. The molecule has 0 aliphatic heterocycles. The molecule has 2 aromatic heterocycles. The molecule has 1 saturated carbocycles. The Labute approximate surface area is 166 Å². The fraction of sp³-hybridized carbons (Fsp3) is 0.611. The minimum Gasteiger partial charge on any atom is -0.356 e. The lowest BCUT2D eigenvalue weighted by atomic mass is 9.87. The van der Waals surface area contributed by atoms with Crippen molar-refractivity contribution in [3.05, 3.63) is 30.2 Å². The van der Waals surface area contributed by atoms with Crippen molar-refractivity contribution in [1.29, 1.82) is 0 Å². The predicted molar refractivity (Wildman–Crippen MR) is 113 cm³/mol. The van der Waals surface area contributed by atoms with Gasteiger partial charge in [-0.2, -0.15) is 0 Å². The van der Waals surface area contributed by atoms with E-state index in [2.05, 4.69) is 37.1 Å². The zero-order chi connectivity index (χ0) is 16.8. The average Bonchev–Trinajstić information content (AvgIpc) is 3.02. The Morgan fingerprint density at radius 1 is 1.24 bits per heavy atom. The van der Waals surface area contributed by atoms with Crippen LogP contribution in [0.5, 0.6) is 0 Å². The lowest BCUT2D eigenvalue weighted by Gasteiger charge is -2.28. The Morgan fingerprint density at radius 2 is 2.04 bits per heavy atom. The van der Waals surface area contributed by atoms with Crippen molar-refractivity contribution >= 4 is 35.6 Å². The summed E-state index contributed by atoms with van der Waals surface area (Å²) in [5, 5.41) is 15.4. The average molecular weight is 456 g/mol. The molecule has 2 aromatic rings. The molecule has 0 amide bonds. The number of fused-ring (bicyclic) bond motifs is 1. The van der Waals surface area contributed by atoms with Gasteiger partial charge in [0, 0.05) is 32.3 Å². The fourth-order valence-corrected chi connectivity index (χ4v) is 3.31.